The Kier molecular flexibility index (Phi) is 4.14. The van der Waals surface area contributed by atoms with E-state index in [9.17, 15) is 9.59 Å². The largest absolute Gasteiger partial charge is 0.481 e. The zero-order valence-electron chi connectivity index (χ0n) is 11.1. The van der Waals surface area contributed by atoms with Crippen LogP contribution < -0.4 is 0 Å². The van der Waals surface area contributed by atoms with Crippen molar-refractivity contribution in [3.63, 3.8) is 0 Å². The topological polar surface area (TPSA) is 60.9 Å². The third-order valence-corrected chi connectivity index (χ3v) is 3.48. The molecule has 17 heavy (non-hydrogen) atoms. The van der Waals surface area contributed by atoms with Crippen LogP contribution in [0.2, 0.25) is 0 Å². The summed E-state index contributed by atoms with van der Waals surface area (Å²) < 4.78 is 0. The molecule has 0 aromatic carbocycles. The van der Waals surface area contributed by atoms with Crippen molar-refractivity contribution in [3.05, 3.63) is 0 Å². The van der Waals surface area contributed by atoms with E-state index < -0.39 is 11.4 Å². The van der Waals surface area contributed by atoms with Crippen molar-refractivity contribution in [1.29, 1.82) is 0 Å². The van der Waals surface area contributed by atoms with Crippen molar-refractivity contribution in [2.75, 3.05) is 26.7 Å². The van der Waals surface area contributed by atoms with Gasteiger partial charge in [0.15, 0.2) is 0 Å². The molecule has 0 saturated carbocycles. The maximum atomic E-state index is 12.0. The standard InChI is InChI=1S/C12H22N2O3/c1-9-8-14(6-5-13(9)4)10(15)7-12(2,3)11(16)17/h9H,5-8H2,1-4H3,(H,16,17). The Balaban J connectivity index is 2.57. The summed E-state index contributed by atoms with van der Waals surface area (Å²) in [6, 6.07) is 0.334. The fourth-order valence-electron chi connectivity index (χ4n) is 1.84. The number of carboxylic acid groups (broad SMARTS) is 1. The Labute approximate surface area is 102 Å². The van der Waals surface area contributed by atoms with Crippen LogP contribution in [0, 0.1) is 5.41 Å². The summed E-state index contributed by atoms with van der Waals surface area (Å²) in [5, 5.41) is 9.00. The van der Waals surface area contributed by atoms with Gasteiger partial charge in [-0.3, -0.25) is 9.59 Å². The number of amides is 1. The van der Waals surface area contributed by atoms with Crippen molar-refractivity contribution in [2.24, 2.45) is 5.41 Å². The first kappa shape index (κ1) is 14.0. The molecule has 1 aliphatic rings. The van der Waals surface area contributed by atoms with Gasteiger partial charge >= 0.3 is 5.97 Å². The zero-order valence-corrected chi connectivity index (χ0v) is 11.1. The second kappa shape index (κ2) is 5.04. The molecule has 1 heterocycles. The molecule has 0 radical (unpaired) electrons. The molecular formula is C12H22N2O3. The quantitative estimate of drug-likeness (QED) is 0.789. The highest BCUT2D eigenvalue weighted by atomic mass is 16.4. The van der Waals surface area contributed by atoms with Crippen LogP contribution in [0.1, 0.15) is 27.2 Å². The smallest absolute Gasteiger partial charge is 0.309 e. The van der Waals surface area contributed by atoms with E-state index >= 15 is 0 Å². The van der Waals surface area contributed by atoms with Gasteiger partial charge in [0.05, 0.1) is 5.41 Å². The van der Waals surface area contributed by atoms with E-state index in [1.807, 2.05) is 7.05 Å². The number of hydrogen-bond acceptors (Lipinski definition) is 3. The van der Waals surface area contributed by atoms with Crippen LogP contribution in [0.5, 0.6) is 0 Å². The van der Waals surface area contributed by atoms with Gasteiger partial charge in [-0.25, -0.2) is 0 Å². The van der Waals surface area contributed by atoms with Crippen LogP contribution in [0.4, 0.5) is 0 Å². The highest BCUT2D eigenvalue weighted by Gasteiger charge is 2.33. The van der Waals surface area contributed by atoms with Gasteiger partial charge in [0.25, 0.3) is 0 Å². The van der Waals surface area contributed by atoms with Gasteiger partial charge in [-0.1, -0.05) is 0 Å². The molecule has 0 aromatic rings. The summed E-state index contributed by atoms with van der Waals surface area (Å²) >= 11 is 0. The first-order chi connectivity index (χ1) is 7.74. The molecule has 1 fully saturated rings. The Morgan fingerprint density at radius 3 is 2.41 bits per heavy atom. The zero-order chi connectivity index (χ0) is 13.2. The average Bonchev–Trinajstić information content (AvgIpc) is 2.21. The molecule has 0 spiro atoms. The number of hydrogen-bond donors (Lipinski definition) is 1. The van der Waals surface area contributed by atoms with Crippen molar-refractivity contribution < 1.29 is 14.7 Å². The number of carboxylic acids is 1. The Bertz CT molecular complexity index is 315. The summed E-state index contributed by atoms with van der Waals surface area (Å²) in [7, 11) is 2.04. The molecular weight excluding hydrogens is 220 g/mol. The minimum atomic E-state index is -0.982. The Morgan fingerprint density at radius 2 is 1.94 bits per heavy atom. The molecule has 1 saturated heterocycles. The second-order valence-corrected chi connectivity index (χ2v) is 5.54. The number of aliphatic carboxylic acids is 1. The molecule has 98 valence electrons. The highest BCUT2D eigenvalue weighted by Crippen LogP contribution is 2.22. The van der Waals surface area contributed by atoms with Crippen LogP contribution in [0.3, 0.4) is 0 Å². The number of likely N-dealkylation sites (N-methyl/N-ethyl adjacent to an activating group) is 1. The molecule has 1 rings (SSSR count). The van der Waals surface area contributed by atoms with Crippen LogP contribution in [0.15, 0.2) is 0 Å². The number of nitrogens with zero attached hydrogens (tertiary/aromatic N) is 2. The summed E-state index contributed by atoms with van der Waals surface area (Å²) in [4.78, 5) is 27.0. The van der Waals surface area contributed by atoms with Gasteiger partial charge in [-0.2, -0.15) is 0 Å². The lowest BCUT2D eigenvalue weighted by Crippen LogP contribution is -2.52. The second-order valence-electron chi connectivity index (χ2n) is 5.54. The van der Waals surface area contributed by atoms with E-state index in [1.54, 1.807) is 18.7 Å². The van der Waals surface area contributed by atoms with Crippen LogP contribution in [-0.4, -0.2) is 59.5 Å². The predicted octanol–water partition coefficient (Wildman–Crippen LogP) is 0.650. The van der Waals surface area contributed by atoms with Gasteiger partial charge in [-0.05, 0) is 27.8 Å². The minimum absolute atomic E-state index is 0.0580. The summed E-state index contributed by atoms with van der Waals surface area (Å²) in [6.07, 6.45) is 0.0682. The molecule has 1 N–H and O–H groups in total. The molecule has 0 aromatic heterocycles. The van der Waals surface area contributed by atoms with Gasteiger partial charge < -0.3 is 14.9 Å². The molecule has 1 atom stereocenters. The fraction of sp³-hybridized carbons (Fsp3) is 0.833. The van der Waals surface area contributed by atoms with E-state index in [0.29, 0.717) is 19.1 Å². The van der Waals surface area contributed by atoms with Crippen LogP contribution in [0.25, 0.3) is 0 Å². The average molecular weight is 242 g/mol. The summed E-state index contributed by atoms with van der Waals surface area (Å²) in [6.45, 7) is 7.47. The van der Waals surface area contributed by atoms with Crippen molar-refractivity contribution in [1.82, 2.24) is 9.80 Å². The summed E-state index contributed by atoms with van der Waals surface area (Å²) in [5.41, 5.74) is -0.982. The Morgan fingerprint density at radius 1 is 1.35 bits per heavy atom. The van der Waals surface area contributed by atoms with Crippen molar-refractivity contribution in [2.45, 2.75) is 33.2 Å². The first-order valence-corrected chi connectivity index (χ1v) is 5.95. The molecule has 1 unspecified atom stereocenters. The third-order valence-electron chi connectivity index (χ3n) is 3.48. The van der Waals surface area contributed by atoms with Gasteiger partial charge in [-0.15, -0.1) is 0 Å². The summed E-state index contributed by atoms with van der Waals surface area (Å²) in [5.74, 6) is -0.981. The number of carbonyl (C=O) groups excluding carboxylic acids is 1. The van der Waals surface area contributed by atoms with Gasteiger partial charge in [0, 0.05) is 32.1 Å². The lowest BCUT2D eigenvalue weighted by atomic mass is 9.89. The Hall–Kier alpha value is -1.10. The van der Waals surface area contributed by atoms with E-state index in [-0.39, 0.29) is 12.3 Å². The van der Waals surface area contributed by atoms with Crippen molar-refractivity contribution >= 4 is 11.9 Å². The maximum Gasteiger partial charge on any atom is 0.309 e. The van der Waals surface area contributed by atoms with Crippen molar-refractivity contribution in [3.8, 4) is 0 Å². The van der Waals surface area contributed by atoms with E-state index in [0.717, 1.165) is 6.54 Å². The maximum absolute atomic E-state index is 12.0. The fourth-order valence-corrected chi connectivity index (χ4v) is 1.84. The molecule has 0 aliphatic carbocycles. The molecule has 5 nitrogen and oxygen atoms in total. The minimum Gasteiger partial charge on any atom is -0.481 e. The highest BCUT2D eigenvalue weighted by molar-refractivity contribution is 5.84. The molecule has 5 heteroatoms. The SMILES string of the molecule is CC1CN(C(=O)CC(C)(C)C(=O)O)CCN1C. The molecule has 1 aliphatic heterocycles. The van der Waals surface area contributed by atoms with E-state index in [4.69, 9.17) is 5.11 Å². The molecule has 0 bridgehead atoms. The van der Waals surface area contributed by atoms with E-state index in [2.05, 4.69) is 11.8 Å². The first-order valence-electron chi connectivity index (χ1n) is 5.95. The monoisotopic (exact) mass is 242 g/mol. The number of rotatable bonds is 3. The number of carbonyl (C=O) groups is 2. The van der Waals surface area contributed by atoms with E-state index in [1.165, 1.54) is 0 Å². The number of piperazine rings is 1. The van der Waals surface area contributed by atoms with Gasteiger partial charge in [0.2, 0.25) is 5.91 Å². The van der Waals surface area contributed by atoms with Gasteiger partial charge in [0.1, 0.15) is 0 Å². The predicted molar refractivity (Wildman–Crippen MR) is 64.7 cm³/mol. The normalized spacial score (nSPS) is 22.6. The lowest BCUT2D eigenvalue weighted by Gasteiger charge is -2.38. The third kappa shape index (κ3) is 3.43. The van der Waals surface area contributed by atoms with Crippen LogP contribution >= 0.6 is 0 Å². The molecule has 1 amide bonds. The van der Waals surface area contributed by atoms with Crippen LogP contribution in [-0.2, 0) is 9.59 Å². The lowest BCUT2D eigenvalue weighted by molar-refractivity contribution is -0.152.